The van der Waals surface area contributed by atoms with Crippen LogP contribution in [0.5, 0.6) is 0 Å². The van der Waals surface area contributed by atoms with Gasteiger partial charge in [-0.1, -0.05) is 18.2 Å². The highest BCUT2D eigenvalue weighted by atomic mass is 16.5. The lowest BCUT2D eigenvalue weighted by Gasteiger charge is -2.21. The third-order valence-electron chi connectivity index (χ3n) is 5.51. The number of aromatic nitrogens is 1. The number of pyridine rings is 1. The standard InChI is InChI=1S/C23H27N3O3/c1-16-7-8-24-11-19(16)14-26(2)23(27)18-10-20(28-15-18)12-25-13-21-9-17-5-3-4-6-22(17)29-21/h3-9,11,18,20,25H,10,12-15H2,1-2H3/t18-,20-/m0/s1. The summed E-state index contributed by atoms with van der Waals surface area (Å²) in [5.41, 5.74) is 3.13. The Balaban J connectivity index is 1.24. The largest absolute Gasteiger partial charge is 0.460 e. The van der Waals surface area contributed by atoms with E-state index in [1.54, 1.807) is 11.1 Å². The molecule has 6 nitrogen and oxygen atoms in total. The molecule has 29 heavy (non-hydrogen) atoms. The molecule has 1 aliphatic rings. The van der Waals surface area contributed by atoms with Crippen LogP contribution in [0.1, 0.15) is 23.3 Å². The fourth-order valence-corrected chi connectivity index (χ4v) is 3.81. The normalized spacial score (nSPS) is 19.0. The number of nitrogens with zero attached hydrogens (tertiary/aromatic N) is 2. The van der Waals surface area contributed by atoms with Crippen molar-refractivity contribution in [1.82, 2.24) is 15.2 Å². The van der Waals surface area contributed by atoms with Crippen molar-refractivity contribution in [2.45, 2.75) is 32.5 Å². The summed E-state index contributed by atoms with van der Waals surface area (Å²) < 4.78 is 11.7. The molecule has 4 rings (SSSR count). The maximum Gasteiger partial charge on any atom is 0.228 e. The third-order valence-corrected chi connectivity index (χ3v) is 5.51. The van der Waals surface area contributed by atoms with Crippen LogP contribution in [0.4, 0.5) is 0 Å². The summed E-state index contributed by atoms with van der Waals surface area (Å²) in [4.78, 5) is 18.7. The van der Waals surface area contributed by atoms with Crippen LogP contribution in [0.25, 0.3) is 11.0 Å². The number of furan rings is 1. The highest BCUT2D eigenvalue weighted by molar-refractivity contribution is 5.79. The number of benzene rings is 1. The van der Waals surface area contributed by atoms with E-state index in [0.29, 0.717) is 26.2 Å². The van der Waals surface area contributed by atoms with E-state index in [2.05, 4.69) is 16.4 Å². The first-order chi connectivity index (χ1) is 14.1. The second kappa shape index (κ2) is 8.76. The number of para-hydroxylation sites is 1. The van der Waals surface area contributed by atoms with Gasteiger partial charge in [0.1, 0.15) is 11.3 Å². The molecule has 1 aliphatic heterocycles. The van der Waals surface area contributed by atoms with Crippen LogP contribution in [0, 0.1) is 12.8 Å². The number of hydrogen-bond donors (Lipinski definition) is 1. The molecule has 0 aliphatic carbocycles. The smallest absolute Gasteiger partial charge is 0.228 e. The predicted molar refractivity (Wildman–Crippen MR) is 111 cm³/mol. The predicted octanol–water partition coefficient (Wildman–Crippen LogP) is 3.29. The molecule has 2 atom stereocenters. The molecule has 0 bridgehead atoms. The zero-order valence-corrected chi connectivity index (χ0v) is 16.9. The average Bonchev–Trinajstić information content (AvgIpc) is 3.36. The SMILES string of the molecule is Cc1ccncc1CN(C)C(=O)[C@@H]1CO[C@H](CNCc2cc3ccccc3o2)C1. The van der Waals surface area contributed by atoms with Crippen molar-refractivity contribution < 1.29 is 13.9 Å². The van der Waals surface area contributed by atoms with Crippen LogP contribution in [0.3, 0.4) is 0 Å². The zero-order chi connectivity index (χ0) is 20.2. The molecule has 152 valence electrons. The van der Waals surface area contributed by atoms with Crippen LogP contribution >= 0.6 is 0 Å². The molecule has 0 radical (unpaired) electrons. The second-order valence-corrected chi connectivity index (χ2v) is 7.77. The van der Waals surface area contributed by atoms with Crippen molar-refractivity contribution >= 4 is 16.9 Å². The fourth-order valence-electron chi connectivity index (χ4n) is 3.81. The van der Waals surface area contributed by atoms with Crippen LogP contribution in [0.15, 0.2) is 53.2 Å². The van der Waals surface area contributed by atoms with Gasteiger partial charge in [-0.3, -0.25) is 9.78 Å². The maximum absolute atomic E-state index is 12.8. The highest BCUT2D eigenvalue weighted by Crippen LogP contribution is 2.23. The number of amides is 1. The van der Waals surface area contributed by atoms with E-state index in [0.717, 1.165) is 34.3 Å². The molecular formula is C23H27N3O3. The Labute approximate surface area is 170 Å². The molecule has 0 unspecified atom stereocenters. The highest BCUT2D eigenvalue weighted by Gasteiger charge is 2.32. The maximum atomic E-state index is 12.8. The minimum absolute atomic E-state index is 0.0434. The summed E-state index contributed by atoms with van der Waals surface area (Å²) in [5, 5.41) is 4.50. The molecule has 2 aromatic heterocycles. The summed E-state index contributed by atoms with van der Waals surface area (Å²) in [7, 11) is 1.85. The van der Waals surface area contributed by atoms with Gasteiger partial charge in [0.15, 0.2) is 0 Å². The number of aryl methyl sites for hydroxylation is 1. The summed E-state index contributed by atoms with van der Waals surface area (Å²) in [6, 6.07) is 12.0. The minimum atomic E-state index is -0.0880. The molecule has 6 heteroatoms. The van der Waals surface area contributed by atoms with Crippen LogP contribution in [0.2, 0.25) is 0 Å². The summed E-state index contributed by atoms with van der Waals surface area (Å²) >= 11 is 0. The lowest BCUT2D eigenvalue weighted by atomic mass is 10.0. The molecule has 3 aromatic rings. The molecule has 1 aromatic carbocycles. The molecule has 1 saturated heterocycles. The average molecular weight is 393 g/mol. The topological polar surface area (TPSA) is 67.6 Å². The van der Waals surface area contributed by atoms with Gasteiger partial charge in [-0.25, -0.2) is 0 Å². The summed E-state index contributed by atoms with van der Waals surface area (Å²) in [6.07, 6.45) is 4.38. The van der Waals surface area contributed by atoms with Gasteiger partial charge in [0, 0.05) is 37.9 Å². The Morgan fingerprint density at radius 1 is 1.31 bits per heavy atom. The Hall–Kier alpha value is -2.70. The van der Waals surface area contributed by atoms with Crippen LogP contribution in [-0.2, 0) is 22.6 Å². The van der Waals surface area contributed by atoms with Gasteiger partial charge >= 0.3 is 0 Å². The van der Waals surface area contributed by atoms with E-state index < -0.39 is 0 Å². The number of fused-ring (bicyclic) bond motifs is 1. The van der Waals surface area contributed by atoms with Crippen molar-refractivity contribution in [3.63, 3.8) is 0 Å². The molecule has 0 saturated carbocycles. The second-order valence-electron chi connectivity index (χ2n) is 7.77. The van der Waals surface area contributed by atoms with Crippen molar-refractivity contribution in [3.05, 3.63) is 65.7 Å². The molecule has 1 amide bonds. The first-order valence-electron chi connectivity index (χ1n) is 10.0. The summed E-state index contributed by atoms with van der Waals surface area (Å²) in [5.74, 6) is 0.950. The molecule has 1 N–H and O–H groups in total. The Morgan fingerprint density at radius 3 is 3.00 bits per heavy atom. The van der Waals surface area contributed by atoms with Crippen LogP contribution < -0.4 is 5.32 Å². The van der Waals surface area contributed by atoms with E-state index in [4.69, 9.17) is 9.15 Å². The van der Waals surface area contributed by atoms with E-state index in [-0.39, 0.29) is 17.9 Å². The molecule has 3 heterocycles. The lowest BCUT2D eigenvalue weighted by Crippen LogP contribution is -2.33. The Bertz CT molecular complexity index is 951. The fraction of sp³-hybridized carbons (Fsp3) is 0.391. The van der Waals surface area contributed by atoms with E-state index in [9.17, 15) is 4.79 Å². The van der Waals surface area contributed by atoms with Crippen molar-refractivity contribution in [2.75, 3.05) is 20.2 Å². The van der Waals surface area contributed by atoms with Crippen molar-refractivity contribution in [1.29, 1.82) is 0 Å². The quantitative estimate of drug-likeness (QED) is 0.667. The number of carbonyl (C=O) groups is 1. The number of nitrogens with one attached hydrogen (secondary N) is 1. The van der Waals surface area contributed by atoms with Gasteiger partial charge in [0.05, 0.1) is 25.2 Å². The van der Waals surface area contributed by atoms with Gasteiger partial charge in [-0.05, 0) is 42.7 Å². The lowest BCUT2D eigenvalue weighted by molar-refractivity contribution is -0.134. The number of hydrogen-bond acceptors (Lipinski definition) is 5. The van der Waals surface area contributed by atoms with Gasteiger partial charge in [0.2, 0.25) is 5.91 Å². The van der Waals surface area contributed by atoms with Gasteiger partial charge < -0.3 is 19.4 Å². The van der Waals surface area contributed by atoms with Gasteiger partial charge in [-0.2, -0.15) is 0 Å². The van der Waals surface area contributed by atoms with Crippen molar-refractivity contribution in [2.24, 2.45) is 5.92 Å². The first-order valence-corrected chi connectivity index (χ1v) is 10.0. The van der Waals surface area contributed by atoms with Crippen molar-refractivity contribution in [3.8, 4) is 0 Å². The van der Waals surface area contributed by atoms with Gasteiger partial charge in [0.25, 0.3) is 0 Å². The number of ether oxygens (including phenoxy) is 1. The molecule has 1 fully saturated rings. The van der Waals surface area contributed by atoms with Gasteiger partial charge in [-0.15, -0.1) is 0 Å². The monoisotopic (exact) mass is 393 g/mol. The van der Waals surface area contributed by atoms with E-state index in [1.165, 1.54) is 0 Å². The molecular weight excluding hydrogens is 366 g/mol. The number of carbonyl (C=O) groups excluding carboxylic acids is 1. The van der Waals surface area contributed by atoms with E-state index in [1.807, 2.05) is 50.5 Å². The Morgan fingerprint density at radius 2 is 2.17 bits per heavy atom. The zero-order valence-electron chi connectivity index (χ0n) is 16.9. The van der Waals surface area contributed by atoms with E-state index >= 15 is 0 Å². The third kappa shape index (κ3) is 4.66. The van der Waals surface area contributed by atoms with Crippen LogP contribution in [-0.4, -0.2) is 42.1 Å². The number of rotatable bonds is 7. The molecule has 0 spiro atoms. The Kier molecular flexibility index (Phi) is 5.92. The summed E-state index contributed by atoms with van der Waals surface area (Å²) in [6.45, 7) is 4.44. The first kappa shape index (κ1) is 19.6. The minimum Gasteiger partial charge on any atom is -0.460 e.